The molecule has 2 aromatic carbocycles. The lowest BCUT2D eigenvalue weighted by atomic mass is 10.1. The maximum atomic E-state index is 12.4. The van der Waals surface area contributed by atoms with E-state index in [1.165, 1.54) is 6.07 Å². The van der Waals surface area contributed by atoms with Gasteiger partial charge < -0.3 is 14.1 Å². The number of rotatable bonds is 6. The minimum atomic E-state index is -0.496. The predicted octanol–water partition coefficient (Wildman–Crippen LogP) is 4.96. The van der Waals surface area contributed by atoms with E-state index in [2.05, 4.69) is 18.7 Å². The van der Waals surface area contributed by atoms with Crippen LogP contribution in [0.3, 0.4) is 0 Å². The van der Waals surface area contributed by atoms with Gasteiger partial charge in [0.1, 0.15) is 12.2 Å². The molecule has 0 aliphatic carbocycles. The molecule has 0 spiro atoms. The molecule has 6 heteroatoms. The van der Waals surface area contributed by atoms with Crippen molar-refractivity contribution in [2.75, 3.05) is 18.0 Å². The number of carbonyl (C=O) groups is 1. The zero-order valence-corrected chi connectivity index (χ0v) is 16.9. The number of halogens is 1. The van der Waals surface area contributed by atoms with Gasteiger partial charge in [-0.2, -0.15) is 0 Å². The molecule has 0 N–H and O–H groups in total. The van der Waals surface area contributed by atoms with Crippen LogP contribution in [-0.4, -0.2) is 19.1 Å². The number of carbonyl (C=O) groups excluding carboxylic acids is 1. The van der Waals surface area contributed by atoms with Gasteiger partial charge in [-0.15, -0.1) is 0 Å². The highest BCUT2D eigenvalue weighted by molar-refractivity contribution is 6.32. The number of benzene rings is 2. The molecule has 0 bridgehead atoms. The van der Waals surface area contributed by atoms with Gasteiger partial charge in [-0.25, -0.2) is 9.59 Å². The minimum Gasteiger partial charge on any atom is -0.457 e. The van der Waals surface area contributed by atoms with E-state index >= 15 is 0 Å². The van der Waals surface area contributed by atoms with Crippen LogP contribution in [0.25, 0.3) is 11.0 Å². The smallest absolute Gasteiger partial charge is 0.338 e. The van der Waals surface area contributed by atoms with Gasteiger partial charge in [0, 0.05) is 40.8 Å². The van der Waals surface area contributed by atoms with E-state index < -0.39 is 11.6 Å². The first-order valence-corrected chi connectivity index (χ1v) is 9.55. The standard InChI is InChI=1S/C22H22ClNO4/c1-4-24(5-2)17-8-6-15(7-9-17)22(26)27-13-16-11-21(25)28-20-10-14(3)19(23)12-18(16)20/h6-12H,4-5,13H2,1-3H3. The number of esters is 1. The summed E-state index contributed by atoms with van der Waals surface area (Å²) in [5.41, 5.74) is 2.80. The van der Waals surface area contributed by atoms with Gasteiger partial charge in [0.25, 0.3) is 0 Å². The topological polar surface area (TPSA) is 59.8 Å². The van der Waals surface area contributed by atoms with Crippen LogP contribution in [-0.2, 0) is 11.3 Å². The van der Waals surface area contributed by atoms with Crippen molar-refractivity contribution in [3.8, 4) is 0 Å². The molecule has 28 heavy (non-hydrogen) atoms. The molecule has 0 aliphatic heterocycles. The molecule has 3 rings (SSSR count). The number of aryl methyl sites for hydroxylation is 1. The molecule has 146 valence electrons. The summed E-state index contributed by atoms with van der Waals surface area (Å²) >= 11 is 6.19. The van der Waals surface area contributed by atoms with E-state index in [1.54, 1.807) is 24.3 Å². The van der Waals surface area contributed by atoms with Gasteiger partial charge in [-0.1, -0.05) is 11.6 Å². The molecule has 0 saturated heterocycles. The number of anilines is 1. The van der Waals surface area contributed by atoms with Crippen molar-refractivity contribution in [2.24, 2.45) is 0 Å². The second-order valence-corrected chi connectivity index (χ2v) is 6.89. The fourth-order valence-electron chi connectivity index (χ4n) is 3.09. The van der Waals surface area contributed by atoms with Crippen molar-refractivity contribution < 1.29 is 13.9 Å². The lowest BCUT2D eigenvalue weighted by molar-refractivity contribution is 0.0474. The maximum absolute atomic E-state index is 12.4. The van der Waals surface area contributed by atoms with Crippen LogP contribution < -0.4 is 10.5 Å². The van der Waals surface area contributed by atoms with Crippen LogP contribution >= 0.6 is 11.6 Å². The summed E-state index contributed by atoms with van der Waals surface area (Å²) < 4.78 is 10.7. The Kier molecular flexibility index (Phi) is 6.05. The highest BCUT2D eigenvalue weighted by atomic mass is 35.5. The second-order valence-electron chi connectivity index (χ2n) is 6.48. The first kappa shape index (κ1) is 20.0. The largest absolute Gasteiger partial charge is 0.457 e. The third kappa shape index (κ3) is 4.20. The molecule has 1 heterocycles. The van der Waals surface area contributed by atoms with Crippen LogP contribution in [0.15, 0.2) is 51.7 Å². The average molecular weight is 400 g/mol. The first-order chi connectivity index (χ1) is 13.4. The summed E-state index contributed by atoms with van der Waals surface area (Å²) in [6, 6.07) is 12.0. The Morgan fingerprint density at radius 2 is 1.79 bits per heavy atom. The molecule has 0 unspecified atom stereocenters. The molecule has 5 nitrogen and oxygen atoms in total. The van der Waals surface area contributed by atoms with Crippen molar-refractivity contribution >= 4 is 34.2 Å². The average Bonchev–Trinajstić information content (AvgIpc) is 2.68. The van der Waals surface area contributed by atoms with Crippen LogP contribution in [0.4, 0.5) is 5.69 Å². The summed E-state index contributed by atoms with van der Waals surface area (Å²) in [5.74, 6) is -0.453. The third-order valence-corrected chi connectivity index (χ3v) is 5.11. The summed E-state index contributed by atoms with van der Waals surface area (Å²) in [6.07, 6.45) is 0. The predicted molar refractivity (Wildman–Crippen MR) is 111 cm³/mol. The second kappa shape index (κ2) is 8.48. The van der Waals surface area contributed by atoms with Crippen molar-refractivity contribution in [1.82, 2.24) is 0 Å². The number of fused-ring (bicyclic) bond motifs is 1. The molecule has 0 aliphatic rings. The molecule has 0 radical (unpaired) electrons. The number of nitrogens with zero attached hydrogens (tertiary/aromatic N) is 1. The highest BCUT2D eigenvalue weighted by Crippen LogP contribution is 2.26. The van der Waals surface area contributed by atoms with Crippen molar-refractivity contribution in [3.63, 3.8) is 0 Å². The van der Waals surface area contributed by atoms with Gasteiger partial charge in [0.2, 0.25) is 0 Å². The van der Waals surface area contributed by atoms with Crippen molar-refractivity contribution in [3.05, 3.63) is 74.6 Å². The van der Waals surface area contributed by atoms with Gasteiger partial charge in [-0.05, 0) is 62.7 Å². The molecule has 0 saturated carbocycles. The Morgan fingerprint density at radius 3 is 2.43 bits per heavy atom. The fourth-order valence-corrected chi connectivity index (χ4v) is 3.26. The molecule has 0 atom stereocenters. The van der Waals surface area contributed by atoms with Crippen molar-refractivity contribution in [2.45, 2.75) is 27.4 Å². The highest BCUT2D eigenvalue weighted by Gasteiger charge is 2.13. The van der Waals surface area contributed by atoms with E-state index in [9.17, 15) is 9.59 Å². The molecule has 0 amide bonds. The fraction of sp³-hybridized carbons (Fsp3) is 0.273. The zero-order valence-electron chi connectivity index (χ0n) is 16.1. The van der Waals surface area contributed by atoms with E-state index in [0.717, 1.165) is 24.3 Å². The van der Waals surface area contributed by atoms with Gasteiger partial charge >= 0.3 is 11.6 Å². The van der Waals surface area contributed by atoms with Crippen LogP contribution in [0.1, 0.15) is 35.3 Å². The van der Waals surface area contributed by atoms with E-state index in [-0.39, 0.29) is 6.61 Å². The number of ether oxygens (including phenoxy) is 1. The van der Waals surface area contributed by atoms with Crippen LogP contribution in [0, 0.1) is 6.92 Å². The zero-order chi connectivity index (χ0) is 20.3. The van der Waals surface area contributed by atoms with E-state index in [1.807, 2.05) is 19.1 Å². The van der Waals surface area contributed by atoms with E-state index in [0.29, 0.717) is 27.1 Å². The van der Waals surface area contributed by atoms with Crippen molar-refractivity contribution in [1.29, 1.82) is 0 Å². The lowest BCUT2D eigenvalue weighted by Gasteiger charge is -2.20. The normalized spacial score (nSPS) is 10.9. The Bertz CT molecular complexity index is 1050. The van der Waals surface area contributed by atoms with Crippen LogP contribution in [0.2, 0.25) is 5.02 Å². The Labute approximate surface area is 168 Å². The van der Waals surface area contributed by atoms with Gasteiger partial charge in [-0.3, -0.25) is 0 Å². The molecule has 3 aromatic rings. The van der Waals surface area contributed by atoms with Crippen LogP contribution in [0.5, 0.6) is 0 Å². The summed E-state index contributed by atoms with van der Waals surface area (Å²) in [7, 11) is 0. The van der Waals surface area contributed by atoms with E-state index in [4.69, 9.17) is 20.8 Å². The Morgan fingerprint density at radius 1 is 1.11 bits per heavy atom. The number of hydrogen-bond donors (Lipinski definition) is 0. The molecule has 0 fully saturated rings. The monoisotopic (exact) mass is 399 g/mol. The summed E-state index contributed by atoms with van der Waals surface area (Å²) in [5, 5.41) is 1.21. The third-order valence-electron chi connectivity index (χ3n) is 4.70. The molecular weight excluding hydrogens is 378 g/mol. The first-order valence-electron chi connectivity index (χ1n) is 9.18. The quantitative estimate of drug-likeness (QED) is 0.433. The SMILES string of the molecule is CCN(CC)c1ccc(C(=O)OCc2cc(=O)oc3cc(C)c(Cl)cc23)cc1. The lowest BCUT2D eigenvalue weighted by Crippen LogP contribution is -2.21. The van der Waals surface area contributed by atoms with Gasteiger partial charge in [0.05, 0.1) is 5.56 Å². The maximum Gasteiger partial charge on any atom is 0.338 e. The summed E-state index contributed by atoms with van der Waals surface area (Å²) in [6.45, 7) is 7.74. The summed E-state index contributed by atoms with van der Waals surface area (Å²) in [4.78, 5) is 26.4. The number of hydrogen-bond acceptors (Lipinski definition) is 5. The Hall–Kier alpha value is -2.79. The Balaban J connectivity index is 1.79. The minimum absolute atomic E-state index is 0.0435. The molecule has 1 aromatic heterocycles. The van der Waals surface area contributed by atoms with Gasteiger partial charge in [0.15, 0.2) is 0 Å². The molecular formula is C22H22ClNO4.